The van der Waals surface area contributed by atoms with Crippen molar-refractivity contribution >= 4 is 23.1 Å². The largest absolute Gasteiger partial charge is 0.493 e. The first kappa shape index (κ1) is 23.4. The van der Waals surface area contributed by atoms with E-state index in [1.54, 1.807) is 0 Å². The molecule has 1 amide bonds. The number of piperidine rings is 1. The number of aryl methyl sites for hydroxylation is 3. The van der Waals surface area contributed by atoms with Crippen LogP contribution in [0.2, 0.25) is 0 Å². The second kappa shape index (κ2) is 10.1. The molecule has 2 aliphatic heterocycles. The molecule has 0 aliphatic carbocycles. The van der Waals surface area contributed by atoms with Gasteiger partial charge in [-0.2, -0.15) is 5.10 Å². The van der Waals surface area contributed by atoms with Gasteiger partial charge in [0.25, 0.3) is 5.91 Å². The van der Waals surface area contributed by atoms with Crippen LogP contribution in [0.3, 0.4) is 0 Å². The number of carbonyl (C=O) groups excluding carboxylic acids is 1. The normalized spacial score (nSPS) is 15.7. The van der Waals surface area contributed by atoms with Crippen molar-refractivity contribution in [3.8, 4) is 5.75 Å². The second-order valence-corrected chi connectivity index (χ2v) is 9.84. The Morgan fingerprint density at radius 3 is 2.77 bits per heavy atom. The van der Waals surface area contributed by atoms with Crippen LogP contribution in [-0.4, -0.2) is 35.4 Å². The maximum absolute atomic E-state index is 13.7. The number of rotatable bonds is 6. The number of amides is 1. The lowest BCUT2D eigenvalue weighted by Crippen LogP contribution is -2.30. The van der Waals surface area contributed by atoms with Crippen molar-refractivity contribution in [3.05, 3.63) is 64.8 Å². The fraction of sp³-hybridized carbons (Fsp3) is 0.429. The maximum atomic E-state index is 13.7. The smallest absolute Gasteiger partial charge is 0.258 e. The van der Waals surface area contributed by atoms with Gasteiger partial charge < -0.3 is 20.3 Å². The van der Waals surface area contributed by atoms with Crippen molar-refractivity contribution in [1.29, 1.82) is 0 Å². The molecule has 5 rings (SSSR count). The van der Waals surface area contributed by atoms with Gasteiger partial charge in [0.15, 0.2) is 0 Å². The predicted molar refractivity (Wildman–Crippen MR) is 140 cm³/mol. The molecule has 7 nitrogen and oxygen atoms in total. The van der Waals surface area contributed by atoms with Gasteiger partial charge in [-0.1, -0.05) is 6.07 Å². The average Bonchev–Trinajstić information content (AvgIpc) is 3.11. The molecule has 7 heteroatoms. The molecule has 1 saturated heterocycles. The van der Waals surface area contributed by atoms with Crippen molar-refractivity contribution < 1.29 is 9.53 Å². The molecule has 0 bridgehead atoms. The average molecular weight is 474 g/mol. The van der Waals surface area contributed by atoms with Crippen LogP contribution < -0.4 is 20.3 Å². The highest BCUT2D eigenvalue weighted by molar-refractivity contribution is 6.08. The monoisotopic (exact) mass is 473 g/mol. The Morgan fingerprint density at radius 2 is 1.97 bits per heavy atom. The van der Waals surface area contributed by atoms with E-state index in [1.165, 1.54) is 19.3 Å². The minimum atomic E-state index is -0.0332. The Hall–Kier alpha value is -3.32. The second-order valence-electron chi connectivity index (χ2n) is 9.84. The van der Waals surface area contributed by atoms with E-state index in [9.17, 15) is 4.79 Å². The summed E-state index contributed by atoms with van der Waals surface area (Å²) in [5.41, 5.74) is 5.53. The molecule has 2 aliphatic rings. The van der Waals surface area contributed by atoms with Crippen molar-refractivity contribution in [2.45, 2.75) is 46.1 Å². The number of fused-ring (bicyclic) bond motifs is 2. The first-order chi connectivity index (χ1) is 17.0. The molecule has 184 valence electrons. The summed E-state index contributed by atoms with van der Waals surface area (Å²) in [4.78, 5) is 15.6. The molecule has 0 unspecified atom stereocenters. The summed E-state index contributed by atoms with van der Waals surface area (Å²) in [6.45, 7) is 7.52. The van der Waals surface area contributed by atoms with E-state index < -0.39 is 0 Å². The molecule has 3 heterocycles. The molecule has 3 aromatic rings. The summed E-state index contributed by atoms with van der Waals surface area (Å²) in [5, 5.41) is 11.3. The molecule has 1 aromatic heterocycles. The van der Waals surface area contributed by atoms with E-state index in [-0.39, 0.29) is 5.91 Å². The lowest BCUT2D eigenvalue weighted by Gasteiger charge is -2.23. The molecule has 2 aromatic carbocycles. The highest BCUT2D eigenvalue weighted by Gasteiger charge is 2.27. The quantitative estimate of drug-likeness (QED) is 0.488. The highest BCUT2D eigenvalue weighted by Crippen LogP contribution is 2.37. The van der Waals surface area contributed by atoms with E-state index in [1.807, 2.05) is 60.1 Å². The van der Waals surface area contributed by atoms with Crippen LogP contribution >= 0.6 is 0 Å². The topological polar surface area (TPSA) is 71.4 Å². The van der Waals surface area contributed by atoms with Gasteiger partial charge in [-0.05, 0) is 100.0 Å². The standard InChI is InChI=1S/C28H35N5O2/c1-19-6-8-25-24(15-19)31-27-23(17-30-32(27)3)18-33(25)28(34)22-7-9-26(20(2)16-22)35-14-4-5-21-10-12-29-13-11-21/h6-9,15-17,21,29,31H,4-5,10-14,18H2,1-3H3. The van der Waals surface area contributed by atoms with Gasteiger partial charge in [0, 0.05) is 18.2 Å². The van der Waals surface area contributed by atoms with Crippen LogP contribution in [0.1, 0.15) is 52.7 Å². The van der Waals surface area contributed by atoms with Gasteiger partial charge in [-0.25, -0.2) is 0 Å². The number of nitrogens with one attached hydrogen (secondary N) is 2. The number of carbonyl (C=O) groups is 1. The maximum Gasteiger partial charge on any atom is 0.258 e. The summed E-state index contributed by atoms with van der Waals surface area (Å²) in [7, 11) is 1.91. The number of aromatic nitrogens is 2. The summed E-state index contributed by atoms with van der Waals surface area (Å²) in [6.07, 6.45) is 6.65. The van der Waals surface area contributed by atoms with Crippen LogP contribution in [0.5, 0.6) is 5.75 Å². The summed E-state index contributed by atoms with van der Waals surface area (Å²) in [6, 6.07) is 11.9. The van der Waals surface area contributed by atoms with E-state index >= 15 is 0 Å². The van der Waals surface area contributed by atoms with E-state index in [4.69, 9.17) is 4.74 Å². The number of hydrogen-bond donors (Lipinski definition) is 2. The highest BCUT2D eigenvalue weighted by atomic mass is 16.5. The molecule has 0 atom stereocenters. The third kappa shape index (κ3) is 5.05. The third-order valence-electron chi connectivity index (χ3n) is 7.18. The van der Waals surface area contributed by atoms with Crippen LogP contribution in [-0.2, 0) is 13.6 Å². The number of hydrogen-bond acceptors (Lipinski definition) is 5. The van der Waals surface area contributed by atoms with Gasteiger partial charge in [0.1, 0.15) is 11.6 Å². The Labute approximate surface area is 207 Å². The summed E-state index contributed by atoms with van der Waals surface area (Å²) in [5.74, 6) is 2.55. The molecule has 35 heavy (non-hydrogen) atoms. The van der Waals surface area contributed by atoms with Gasteiger partial charge in [0.05, 0.1) is 30.7 Å². The Morgan fingerprint density at radius 1 is 1.14 bits per heavy atom. The van der Waals surface area contributed by atoms with Crippen molar-refractivity contribution in [3.63, 3.8) is 0 Å². The van der Waals surface area contributed by atoms with Crippen molar-refractivity contribution in [2.75, 3.05) is 29.9 Å². The fourth-order valence-electron chi connectivity index (χ4n) is 5.13. The first-order valence-corrected chi connectivity index (χ1v) is 12.6. The molecule has 0 radical (unpaired) electrons. The van der Waals surface area contributed by atoms with E-state index in [0.717, 1.165) is 65.1 Å². The van der Waals surface area contributed by atoms with Crippen LogP contribution in [0.15, 0.2) is 42.6 Å². The predicted octanol–water partition coefficient (Wildman–Crippen LogP) is 5.10. The number of anilines is 3. The Balaban J connectivity index is 1.31. The molecule has 0 spiro atoms. The van der Waals surface area contributed by atoms with E-state index in [0.29, 0.717) is 18.7 Å². The lowest BCUT2D eigenvalue weighted by molar-refractivity contribution is 0.0985. The molecule has 0 saturated carbocycles. The van der Waals surface area contributed by atoms with E-state index in [2.05, 4.69) is 28.7 Å². The molecule has 1 fully saturated rings. The summed E-state index contributed by atoms with van der Waals surface area (Å²) < 4.78 is 7.90. The SMILES string of the molecule is Cc1ccc2c(c1)Nc1c(cnn1C)CN2C(=O)c1ccc(OCCCC2CCNCC2)c(C)c1. The Bertz CT molecular complexity index is 1210. The number of benzene rings is 2. The molecular weight excluding hydrogens is 438 g/mol. The van der Waals surface area contributed by atoms with Gasteiger partial charge >= 0.3 is 0 Å². The van der Waals surface area contributed by atoms with Gasteiger partial charge in [-0.3, -0.25) is 9.48 Å². The van der Waals surface area contributed by atoms with Crippen LogP contribution in [0.25, 0.3) is 0 Å². The summed E-state index contributed by atoms with van der Waals surface area (Å²) >= 11 is 0. The number of nitrogens with zero attached hydrogens (tertiary/aromatic N) is 3. The van der Waals surface area contributed by atoms with Crippen LogP contribution in [0, 0.1) is 19.8 Å². The minimum absolute atomic E-state index is 0.0332. The zero-order valence-corrected chi connectivity index (χ0v) is 20.9. The Kier molecular flexibility index (Phi) is 6.77. The number of ether oxygens (including phenoxy) is 1. The molecular formula is C28H35N5O2. The van der Waals surface area contributed by atoms with Gasteiger partial charge in [-0.15, -0.1) is 0 Å². The first-order valence-electron chi connectivity index (χ1n) is 12.6. The van der Waals surface area contributed by atoms with Crippen molar-refractivity contribution in [2.24, 2.45) is 13.0 Å². The fourth-order valence-corrected chi connectivity index (χ4v) is 5.13. The zero-order chi connectivity index (χ0) is 24.4. The van der Waals surface area contributed by atoms with Crippen LogP contribution in [0.4, 0.5) is 17.2 Å². The zero-order valence-electron chi connectivity index (χ0n) is 20.9. The minimum Gasteiger partial charge on any atom is -0.493 e. The third-order valence-corrected chi connectivity index (χ3v) is 7.18. The van der Waals surface area contributed by atoms with Crippen molar-refractivity contribution in [1.82, 2.24) is 15.1 Å². The van der Waals surface area contributed by atoms with Gasteiger partial charge in [0.2, 0.25) is 0 Å². The lowest BCUT2D eigenvalue weighted by atomic mass is 9.93. The molecule has 2 N–H and O–H groups in total.